The number of nitrogens with one attached hydrogen (secondary N) is 1. The maximum absolute atomic E-state index is 11.1. The van der Waals surface area contributed by atoms with Gasteiger partial charge < -0.3 is 16.6 Å². The molecule has 0 aliphatic carbocycles. The second-order valence-electron chi connectivity index (χ2n) is 3.65. The number of rotatable bonds is 7. The molecule has 0 aromatic heterocycles. The van der Waals surface area contributed by atoms with Gasteiger partial charge in [0.1, 0.15) is 6.04 Å². The van der Waals surface area contributed by atoms with Crippen molar-refractivity contribution >= 4 is 17.8 Å². The fraction of sp³-hybridized carbons (Fsp3) is 0.700. The zero-order valence-corrected chi connectivity index (χ0v) is 9.98. The Labute approximate surface area is 100 Å². The monoisotopic (exact) mass is 244 g/mol. The molecule has 6 N–H and O–H groups in total. The van der Waals surface area contributed by atoms with Crippen LogP contribution in [0.2, 0.25) is 0 Å². The molecule has 1 amide bonds. The smallest absolute Gasteiger partial charge is 0.320 e. The zero-order chi connectivity index (χ0) is 13.3. The van der Waals surface area contributed by atoms with Crippen LogP contribution in [0.4, 0.5) is 0 Å². The number of nitrogens with two attached hydrogens (primary N) is 2. The molecule has 0 heterocycles. The van der Waals surface area contributed by atoms with Crippen LogP contribution in [0.3, 0.4) is 0 Å². The van der Waals surface area contributed by atoms with Crippen molar-refractivity contribution in [3.63, 3.8) is 0 Å². The Bertz CT molecular complexity index is 291. The number of guanidine groups is 1. The highest BCUT2D eigenvalue weighted by Crippen LogP contribution is 1.95. The Morgan fingerprint density at radius 2 is 2.12 bits per heavy atom. The van der Waals surface area contributed by atoms with Crippen LogP contribution >= 0.6 is 0 Å². The molecule has 0 radical (unpaired) electrons. The number of amides is 1. The van der Waals surface area contributed by atoms with Gasteiger partial charge in [0.25, 0.3) is 0 Å². The lowest BCUT2D eigenvalue weighted by molar-refractivity contribution is -0.138. The second kappa shape index (κ2) is 8.51. The first kappa shape index (κ1) is 15.4. The van der Waals surface area contributed by atoms with Crippen molar-refractivity contribution < 1.29 is 14.7 Å². The summed E-state index contributed by atoms with van der Waals surface area (Å²) in [6.07, 6.45) is 1.99. The van der Waals surface area contributed by atoms with Crippen molar-refractivity contribution in [3.05, 3.63) is 0 Å². The van der Waals surface area contributed by atoms with E-state index in [1.54, 1.807) is 0 Å². The fourth-order valence-corrected chi connectivity index (χ4v) is 1.11. The summed E-state index contributed by atoms with van der Waals surface area (Å²) in [6, 6.07) is -0.874. The van der Waals surface area contributed by atoms with Gasteiger partial charge in [-0.05, 0) is 19.3 Å². The van der Waals surface area contributed by atoms with Crippen molar-refractivity contribution in [2.45, 2.75) is 38.6 Å². The van der Waals surface area contributed by atoms with Gasteiger partial charge in [-0.15, -0.1) is 0 Å². The molecule has 98 valence electrons. The van der Waals surface area contributed by atoms with Crippen molar-refractivity contribution in [1.29, 1.82) is 0 Å². The lowest BCUT2D eigenvalue weighted by Crippen LogP contribution is -2.36. The van der Waals surface area contributed by atoms with E-state index in [-0.39, 0.29) is 11.9 Å². The third kappa shape index (κ3) is 8.21. The first-order valence-electron chi connectivity index (χ1n) is 5.55. The predicted molar refractivity (Wildman–Crippen MR) is 64.4 cm³/mol. The number of aliphatic carboxylic acids is 1. The Morgan fingerprint density at radius 3 is 2.65 bits per heavy atom. The zero-order valence-electron chi connectivity index (χ0n) is 9.98. The van der Waals surface area contributed by atoms with Gasteiger partial charge in [0.05, 0.1) is 0 Å². The lowest BCUT2D eigenvalue weighted by atomic mass is 10.2. The van der Waals surface area contributed by atoms with Crippen LogP contribution in [-0.2, 0) is 9.59 Å². The Morgan fingerprint density at radius 1 is 1.47 bits per heavy atom. The summed E-state index contributed by atoms with van der Waals surface area (Å²) in [6.45, 7) is 2.24. The largest absolute Gasteiger partial charge is 0.480 e. The molecular formula is C10H20N4O3. The van der Waals surface area contributed by atoms with Gasteiger partial charge in [-0.2, -0.15) is 0 Å². The van der Waals surface area contributed by atoms with E-state index in [0.717, 1.165) is 6.42 Å². The third-order valence-corrected chi connectivity index (χ3v) is 2.02. The minimum atomic E-state index is -1.03. The van der Waals surface area contributed by atoms with E-state index in [9.17, 15) is 9.59 Å². The molecule has 0 aliphatic heterocycles. The van der Waals surface area contributed by atoms with Gasteiger partial charge in [0, 0.05) is 13.0 Å². The SMILES string of the molecule is CCCC(=O)NC(N)=NCCCC(N)C(=O)O. The highest BCUT2D eigenvalue weighted by Gasteiger charge is 2.09. The molecule has 7 nitrogen and oxygen atoms in total. The summed E-state index contributed by atoms with van der Waals surface area (Å²) in [5.74, 6) is -1.14. The minimum absolute atomic E-state index is 0.0624. The molecule has 17 heavy (non-hydrogen) atoms. The molecule has 1 atom stereocenters. The number of hydrogen-bond acceptors (Lipinski definition) is 4. The van der Waals surface area contributed by atoms with Crippen molar-refractivity contribution in [3.8, 4) is 0 Å². The maximum Gasteiger partial charge on any atom is 0.320 e. The number of carbonyl (C=O) groups excluding carboxylic acids is 1. The molecule has 0 saturated heterocycles. The van der Waals surface area contributed by atoms with Crippen LogP contribution in [-0.4, -0.2) is 35.5 Å². The Balaban J connectivity index is 3.77. The summed E-state index contributed by atoms with van der Waals surface area (Å²) >= 11 is 0. The molecule has 7 heteroatoms. The summed E-state index contributed by atoms with van der Waals surface area (Å²) in [4.78, 5) is 25.4. The number of aliphatic imine (C=N–C) groups is 1. The summed E-state index contributed by atoms with van der Waals surface area (Å²) < 4.78 is 0. The highest BCUT2D eigenvalue weighted by atomic mass is 16.4. The van der Waals surface area contributed by atoms with Gasteiger partial charge in [0.15, 0.2) is 5.96 Å². The molecule has 0 bridgehead atoms. The molecule has 0 spiro atoms. The molecule has 0 rings (SSSR count). The van der Waals surface area contributed by atoms with Gasteiger partial charge in [-0.1, -0.05) is 6.92 Å². The summed E-state index contributed by atoms with van der Waals surface area (Å²) in [5, 5.41) is 11.0. The van der Waals surface area contributed by atoms with Crippen LogP contribution in [0.1, 0.15) is 32.6 Å². The Kier molecular flexibility index (Phi) is 7.70. The average Bonchev–Trinajstić information content (AvgIpc) is 2.24. The van der Waals surface area contributed by atoms with E-state index < -0.39 is 12.0 Å². The van der Waals surface area contributed by atoms with Crippen LogP contribution in [0, 0.1) is 0 Å². The van der Waals surface area contributed by atoms with Crippen molar-refractivity contribution in [2.75, 3.05) is 6.54 Å². The fourth-order valence-electron chi connectivity index (χ4n) is 1.11. The predicted octanol–water partition coefficient (Wildman–Crippen LogP) is -0.590. The topological polar surface area (TPSA) is 131 Å². The summed E-state index contributed by atoms with van der Waals surface area (Å²) in [5.41, 5.74) is 10.8. The molecule has 0 aromatic rings. The average molecular weight is 244 g/mol. The third-order valence-electron chi connectivity index (χ3n) is 2.02. The van der Waals surface area contributed by atoms with Crippen molar-refractivity contribution in [2.24, 2.45) is 16.5 Å². The van der Waals surface area contributed by atoms with Crippen LogP contribution < -0.4 is 16.8 Å². The molecule has 0 aliphatic rings. The normalized spacial score (nSPS) is 13.2. The number of carboxylic acids is 1. The van der Waals surface area contributed by atoms with E-state index >= 15 is 0 Å². The van der Waals surface area contributed by atoms with Gasteiger partial charge in [0.2, 0.25) is 5.91 Å². The molecular weight excluding hydrogens is 224 g/mol. The number of nitrogens with zero attached hydrogens (tertiary/aromatic N) is 1. The maximum atomic E-state index is 11.1. The van der Waals surface area contributed by atoms with Crippen LogP contribution in [0.25, 0.3) is 0 Å². The Hall–Kier alpha value is -1.63. The van der Waals surface area contributed by atoms with Crippen molar-refractivity contribution in [1.82, 2.24) is 5.32 Å². The van der Waals surface area contributed by atoms with Crippen LogP contribution in [0.15, 0.2) is 4.99 Å². The van der Waals surface area contributed by atoms with E-state index in [1.807, 2.05) is 6.92 Å². The van der Waals surface area contributed by atoms with E-state index in [2.05, 4.69) is 10.3 Å². The summed E-state index contributed by atoms with van der Waals surface area (Å²) in [7, 11) is 0. The first-order chi connectivity index (χ1) is 7.97. The second-order valence-corrected chi connectivity index (χ2v) is 3.65. The van der Waals surface area contributed by atoms with Gasteiger partial charge >= 0.3 is 5.97 Å². The van der Waals surface area contributed by atoms with E-state index in [4.69, 9.17) is 16.6 Å². The molecule has 0 aromatic carbocycles. The van der Waals surface area contributed by atoms with Gasteiger partial charge in [-0.3, -0.25) is 19.9 Å². The molecule has 0 saturated carbocycles. The van der Waals surface area contributed by atoms with Crippen LogP contribution in [0.5, 0.6) is 0 Å². The highest BCUT2D eigenvalue weighted by molar-refractivity contribution is 5.96. The number of hydrogen-bond donors (Lipinski definition) is 4. The van der Waals surface area contributed by atoms with E-state index in [1.165, 1.54) is 0 Å². The van der Waals surface area contributed by atoms with Gasteiger partial charge in [-0.25, -0.2) is 0 Å². The standard InChI is InChI=1S/C10H20N4O3/c1-2-4-8(15)14-10(12)13-6-3-5-7(11)9(16)17/h7H,2-6,11H2,1H3,(H,16,17)(H3,12,13,14,15). The first-order valence-corrected chi connectivity index (χ1v) is 5.55. The minimum Gasteiger partial charge on any atom is -0.480 e. The quantitative estimate of drug-likeness (QED) is 0.270. The van der Waals surface area contributed by atoms with E-state index in [0.29, 0.717) is 25.8 Å². The lowest BCUT2D eigenvalue weighted by Gasteiger charge is -2.05. The molecule has 0 fully saturated rings. The number of carbonyl (C=O) groups is 2. The molecule has 1 unspecified atom stereocenters. The number of carboxylic acid groups (broad SMARTS) is 1.